The lowest BCUT2D eigenvalue weighted by atomic mass is 9.71. The molecule has 2 fully saturated rings. The Balaban J connectivity index is 1.59. The fraction of sp³-hybridized carbons (Fsp3) is 0.647. The quantitative estimate of drug-likeness (QED) is 0.915. The van der Waals surface area contributed by atoms with Crippen LogP contribution in [0, 0.1) is 5.41 Å². The molecular weight excluding hydrogens is 250 g/mol. The van der Waals surface area contributed by atoms with Gasteiger partial charge in [-0.1, -0.05) is 31.4 Å². The average Bonchev–Trinajstić information content (AvgIpc) is 2.88. The second-order valence-electron chi connectivity index (χ2n) is 6.22. The summed E-state index contributed by atoms with van der Waals surface area (Å²) in [4.78, 5) is 0. The zero-order valence-corrected chi connectivity index (χ0v) is 12.4. The Morgan fingerprint density at radius 3 is 2.65 bits per heavy atom. The van der Waals surface area contributed by atoms with Gasteiger partial charge in [-0.15, -0.1) is 0 Å². The number of hydrogen-bond donors (Lipinski definition) is 1. The van der Waals surface area contributed by atoms with Crippen LogP contribution in [-0.4, -0.2) is 26.4 Å². The third-order valence-electron chi connectivity index (χ3n) is 4.97. The molecule has 1 aliphatic carbocycles. The van der Waals surface area contributed by atoms with Crippen molar-refractivity contribution in [2.75, 3.05) is 20.3 Å². The van der Waals surface area contributed by atoms with E-state index in [1.165, 1.54) is 37.7 Å². The van der Waals surface area contributed by atoms with Crippen molar-refractivity contribution in [3.8, 4) is 5.75 Å². The molecule has 1 unspecified atom stereocenters. The highest BCUT2D eigenvalue weighted by Crippen LogP contribution is 2.42. The van der Waals surface area contributed by atoms with Crippen molar-refractivity contribution >= 4 is 0 Å². The number of rotatable bonds is 4. The first-order valence-corrected chi connectivity index (χ1v) is 7.76. The van der Waals surface area contributed by atoms with Crippen LogP contribution in [0.5, 0.6) is 5.75 Å². The molecule has 1 saturated heterocycles. The minimum atomic E-state index is 0.407. The summed E-state index contributed by atoms with van der Waals surface area (Å²) < 4.78 is 11.0. The lowest BCUT2D eigenvalue weighted by Gasteiger charge is -2.37. The second kappa shape index (κ2) is 6.15. The van der Waals surface area contributed by atoms with Crippen LogP contribution in [0.15, 0.2) is 24.3 Å². The maximum absolute atomic E-state index is 5.79. The van der Waals surface area contributed by atoms with Crippen molar-refractivity contribution in [2.45, 2.75) is 44.7 Å². The highest BCUT2D eigenvalue weighted by molar-refractivity contribution is 5.27. The SMILES string of the molecule is COc1ccc(CNC2COCC23CCCCC3)cc1. The average molecular weight is 275 g/mol. The highest BCUT2D eigenvalue weighted by Gasteiger charge is 2.44. The van der Waals surface area contributed by atoms with Crippen molar-refractivity contribution in [2.24, 2.45) is 5.41 Å². The van der Waals surface area contributed by atoms with Crippen LogP contribution in [0.25, 0.3) is 0 Å². The third-order valence-corrected chi connectivity index (χ3v) is 4.97. The van der Waals surface area contributed by atoms with Gasteiger partial charge in [0.25, 0.3) is 0 Å². The van der Waals surface area contributed by atoms with Crippen LogP contribution in [-0.2, 0) is 11.3 Å². The topological polar surface area (TPSA) is 30.5 Å². The number of hydrogen-bond acceptors (Lipinski definition) is 3. The van der Waals surface area contributed by atoms with Gasteiger partial charge < -0.3 is 14.8 Å². The van der Waals surface area contributed by atoms with Crippen molar-refractivity contribution in [3.05, 3.63) is 29.8 Å². The summed E-state index contributed by atoms with van der Waals surface area (Å²) in [5.41, 5.74) is 1.72. The molecule has 1 saturated carbocycles. The van der Waals surface area contributed by atoms with Crippen LogP contribution in [0.3, 0.4) is 0 Å². The first-order valence-electron chi connectivity index (χ1n) is 7.76. The molecule has 1 aromatic rings. The monoisotopic (exact) mass is 275 g/mol. The normalized spacial score (nSPS) is 24.9. The predicted octanol–water partition coefficient (Wildman–Crippen LogP) is 3.13. The number of ether oxygens (including phenoxy) is 2. The van der Waals surface area contributed by atoms with E-state index >= 15 is 0 Å². The lowest BCUT2D eigenvalue weighted by molar-refractivity contribution is 0.116. The van der Waals surface area contributed by atoms with Gasteiger partial charge in [0.15, 0.2) is 0 Å². The molecule has 1 aromatic carbocycles. The molecular formula is C17H25NO2. The summed E-state index contributed by atoms with van der Waals surface area (Å²) >= 11 is 0. The number of methoxy groups -OCH3 is 1. The Hall–Kier alpha value is -1.06. The molecule has 3 nitrogen and oxygen atoms in total. The highest BCUT2D eigenvalue weighted by atomic mass is 16.5. The van der Waals surface area contributed by atoms with Gasteiger partial charge in [0, 0.05) is 18.0 Å². The van der Waals surface area contributed by atoms with Crippen LogP contribution < -0.4 is 10.1 Å². The Morgan fingerprint density at radius 1 is 1.20 bits per heavy atom. The summed E-state index contributed by atoms with van der Waals surface area (Å²) in [6.45, 7) is 2.74. The van der Waals surface area contributed by atoms with E-state index in [0.29, 0.717) is 11.5 Å². The van der Waals surface area contributed by atoms with E-state index in [-0.39, 0.29) is 0 Å². The first-order chi connectivity index (χ1) is 9.82. The summed E-state index contributed by atoms with van der Waals surface area (Å²) in [6.07, 6.45) is 6.78. The van der Waals surface area contributed by atoms with Gasteiger partial charge in [0.05, 0.1) is 20.3 Å². The molecule has 1 N–H and O–H groups in total. The van der Waals surface area contributed by atoms with Gasteiger partial charge in [-0.2, -0.15) is 0 Å². The third kappa shape index (κ3) is 2.84. The van der Waals surface area contributed by atoms with E-state index in [9.17, 15) is 0 Å². The van der Waals surface area contributed by atoms with E-state index in [1.54, 1.807) is 7.11 Å². The zero-order chi connectivity index (χ0) is 13.8. The fourth-order valence-electron chi connectivity index (χ4n) is 3.67. The molecule has 1 spiro atoms. The molecule has 3 rings (SSSR count). The summed E-state index contributed by atoms with van der Waals surface area (Å²) in [5, 5.41) is 3.73. The minimum absolute atomic E-state index is 0.407. The van der Waals surface area contributed by atoms with Crippen molar-refractivity contribution in [3.63, 3.8) is 0 Å². The first kappa shape index (κ1) is 13.9. The molecule has 0 aromatic heterocycles. The van der Waals surface area contributed by atoms with Crippen molar-refractivity contribution in [1.29, 1.82) is 0 Å². The van der Waals surface area contributed by atoms with Crippen LogP contribution in [0.4, 0.5) is 0 Å². The molecule has 2 aliphatic rings. The van der Waals surface area contributed by atoms with Crippen molar-refractivity contribution < 1.29 is 9.47 Å². The van der Waals surface area contributed by atoms with E-state index in [0.717, 1.165) is 25.5 Å². The minimum Gasteiger partial charge on any atom is -0.497 e. The molecule has 20 heavy (non-hydrogen) atoms. The van der Waals surface area contributed by atoms with Gasteiger partial charge in [0.1, 0.15) is 5.75 Å². The summed E-state index contributed by atoms with van der Waals surface area (Å²) in [7, 11) is 1.70. The van der Waals surface area contributed by atoms with Crippen LogP contribution >= 0.6 is 0 Å². The molecule has 1 atom stereocenters. The van der Waals surface area contributed by atoms with Crippen molar-refractivity contribution in [1.82, 2.24) is 5.32 Å². The van der Waals surface area contributed by atoms with E-state index in [2.05, 4.69) is 17.4 Å². The van der Waals surface area contributed by atoms with E-state index in [1.807, 2.05) is 12.1 Å². The van der Waals surface area contributed by atoms with Gasteiger partial charge >= 0.3 is 0 Å². The molecule has 0 radical (unpaired) electrons. The van der Waals surface area contributed by atoms with E-state index in [4.69, 9.17) is 9.47 Å². The largest absolute Gasteiger partial charge is 0.497 e. The zero-order valence-electron chi connectivity index (χ0n) is 12.4. The maximum Gasteiger partial charge on any atom is 0.118 e. The maximum atomic E-state index is 5.79. The van der Waals surface area contributed by atoms with Gasteiger partial charge in [-0.05, 0) is 30.5 Å². The smallest absolute Gasteiger partial charge is 0.118 e. The van der Waals surface area contributed by atoms with Crippen LogP contribution in [0.2, 0.25) is 0 Å². The number of benzene rings is 1. The second-order valence-corrected chi connectivity index (χ2v) is 6.22. The summed E-state index contributed by atoms with van der Waals surface area (Å²) in [5.74, 6) is 0.918. The predicted molar refractivity (Wildman–Crippen MR) is 80.0 cm³/mol. The Bertz CT molecular complexity index is 423. The molecule has 110 valence electrons. The molecule has 1 aliphatic heterocycles. The molecule has 0 bridgehead atoms. The summed E-state index contributed by atoms with van der Waals surface area (Å²) in [6, 6.07) is 8.84. The lowest BCUT2D eigenvalue weighted by Crippen LogP contribution is -2.45. The standard InChI is InChI=1S/C17H25NO2/c1-19-15-7-5-14(6-8-15)11-18-16-12-20-13-17(16)9-3-2-4-10-17/h5-8,16,18H,2-4,9-13H2,1H3. The Labute approximate surface area is 121 Å². The van der Waals surface area contributed by atoms with E-state index < -0.39 is 0 Å². The molecule has 1 heterocycles. The molecule has 3 heteroatoms. The Morgan fingerprint density at radius 2 is 1.95 bits per heavy atom. The van der Waals surface area contributed by atoms with Gasteiger partial charge in [-0.25, -0.2) is 0 Å². The fourth-order valence-corrected chi connectivity index (χ4v) is 3.67. The number of nitrogens with one attached hydrogen (secondary N) is 1. The molecule has 0 amide bonds. The Kier molecular flexibility index (Phi) is 4.27. The van der Waals surface area contributed by atoms with Gasteiger partial charge in [-0.3, -0.25) is 0 Å². The van der Waals surface area contributed by atoms with Gasteiger partial charge in [0.2, 0.25) is 0 Å². The van der Waals surface area contributed by atoms with Crippen LogP contribution in [0.1, 0.15) is 37.7 Å².